The third-order valence-corrected chi connectivity index (χ3v) is 5.78. The summed E-state index contributed by atoms with van der Waals surface area (Å²) in [5.74, 6) is 6.55. The van der Waals surface area contributed by atoms with Crippen molar-refractivity contribution in [2.24, 2.45) is 0 Å². The van der Waals surface area contributed by atoms with Crippen molar-refractivity contribution in [1.29, 1.82) is 0 Å². The molecule has 2 aromatic carbocycles. The monoisotopic (exact) mass is 409 g/mol. The number of hydrogen-bond acceptors (Lipinski definition) is 5. The van der Waals surface area contributed by atoms with Gasteiger partial charge in [0, 0.05) is 42.2 Å². The summed E-state index contributed by atoms with van der Waals surface area (Å²) in [5.41, 5.74) is 1.99. The van der Waals surface area contributed by atoms with E-state index in [9.17, 15) is 4.79 Å². The number of anilines is 1. The summed E-state index contributed by atoms with van der Waals surface area (Å²) in [7, 11) is 0. The smallest absolute Gasteiger partial charge is 0.338 e. The Labute approximate surface area is 180 Å². The maximum atomic E-state index is 11.9. The van der Waals surface area contributed by atoms with E-state index in [1.54, 1.807) is 6.07 Å². The minimum absolute atomic E-state index is 0.323. The van der Waals surface area contributed by atoms with Crippen molar-refractivity contribution in [3.05, 3.63) is 83.0 Å². The number of rotatable bonds is 3. The van der Waals surface area contributed by atoms with Crippen LogP contribution >= 0.6 is 0 Å². The van der Waals surface area contributed by atoms with Gasteiger partial charge in [0.25, 0.3) is 0 Å². The van der Waals surface area contributed by atoms with Gasteiger partial charge in [0.05, 0.1) is 12.2 Å². The molecule has 31 heavy (non-hydrogen) atoms. The Balaban J connectivity index is 1.21. The van der Waals surface area contributed by atoms with E-state index in [0.717, 1.165) is 60.0 Å². The van der Waals surface area contributed by atoms with Crippen LogP contribution in [-0.2, 0) is 0 Å². The second kappa shape index (κ2) is 8.63. The molecule has 0 radical (unpaired) electrons. The molecule has 1 aliphatic heterocycles. The van der Waals surface area contributed by atoms with Crippen LogP contribution in [0.1, 0.15) is 18.5 Å². The molecular formula is C26H23N3O2. The van der Waals surface area contributed by atoms with Gasteiger partial charge < -0.3 is 9.73 Å². The molecule has 0 amide bonds. The molecule has 3 heterocycles. The molecule has 1 N–H and O–H groups in total. The number of pyridine rings is 1. The Morgan fingerprint density at radius 1 is 1.03 bits per heavy atom. The van der Waals surface area contributed by atoms with Gasteiger partial charge in [0.2, 0.25) is 0 Å². The summed E-state index contributed by atoms with van der Waals surface area (Å²) >= 11 is 0. The highest BCUT2D eigenvalue weighted by molar-refractivity contribution is 5.89. The molecule has 5 nitrogen and oxygen atoms in total. The van der Waals surface area contributed by atoms with E-state index in [2.05, 4.69) is 39.2 Å². The molecular weight excluding hydrogens is 386 g/mol. The van der Waals surface area contributed by atoms with Crippen molar-refractivity contribution in [2.45, 2.75) is 18.9 Å². The maximum Gasteiger partial charge on any atom is 0.338 e. The zero-order valence-electron chi connectivity index (χ0n) is 17.2. The molecule has 0 aliphatic carbocycles. The Hall–Kier alpha value is -3.62. The van der Waals surface area contributed by atoms with Crippen LogP contribution in [0.5, 0.6) is 0 Å². The quantitative estimate of drug-likeness (QED) is 0.405. The predicted octanol–water partition coefficient (Wildman–Crippen LogP) is 4.27. The van der Waals surface area contributed by atoms with Crippen LogP contribution in [0.3, 0.4) is 0 Å². The third-order valence-electron chi connectivity index (χ3n) is 5.78. The minimum Gasteiger partial charge on any atom is -0.423 e. The van der Waals surface area contributed by atoms with Crippen LogP contribution < -0.4 is 10.9 Å². The molecule has 0 saturated carbocycles. The van der Waals surface area contributed by atoms with E-state index in [1.165, 1.54) is 0 Å². The number of benzene rings is 2. The van der Waals surface area contributed by atoms with Crippen LogP contribution in [0.2, 0.25) is 0 Å². The van der Waals surface area contributed by atoms with Gasteiger partial charge in [-0.25, -0.2) is 9.78 Å². The van der Waals surface area contributed by atoms with Crippen molar-refractivity contribution < 1.29 is 4.42 Å². The summed E-state index contributed by atoms with van der Waals surface area (Å²) in [4.78, 5) is 18.7. The average molecular weight is 409 g/mol. The first-order valence-electron chi connectivity index (χ1n) is 10.6. The van der Waals surface area contributed by atoms with Crippen molar-refractivity contribution in [3.63, 3.8) is 0 Å². The van der Waals surface area contributed by atoms with E-state index in [0.29, 0.717) is 11.6 Å². The lowest BCUT2D eigenvalue weighted by atomic mass is 10.0. The second-order valence-corrected chi connectivity index (χ2v) is 7.85. The van der Waals surface area contributed by atoms with Gasteiger partial charge in [-0.3, -0.25) is 4.90 Å². The van der Waals surface area contributed by atoms with Crippen molar-refractivity contribution in [1.82, 2.24) is 9.88 Å². The summed E-state index contributed by atoms with van der Waals surface area (Å²) in [5, 5.41) is 6.76. The fourth-order valence-electron chi connectivity index (χ4n) is 4.14. The largest absolute Gasteiger partial charge is 0.423 e. The van der Waals surface area contributed by atoms with Gasteiger partial charge in [-0.15, -0.1) is 0 Å². The molecule has 2 aromatic heterocycles. The molecule has 0 unspecified atom stereocenters. The first kappa shape index (κ1) is 19.3. The van der Waals surface area contributed by atoms with Crippen LogP contribution in [-0.4, -0.2) is 35.6 Å². The zero-order chi connectivity index (χ0) is 21.0. The van der Waals surface area contributed by atoms with Gasteiger partial charge in [-0.1, -0.05) is 42.3 Å². The van der Waals surface area contributed by atoms with Gasteiger partial charge in [0.1, 0.15) is 11.3 Å². The predicted molar refractivity (Wildman–Crippen MR) is 124 cm³/mol. The molecule has 5 heteroatoms. The number of nitrogens with one attached hydrogen (secondary N) is 1. The molecule has 0 atom stereocenters. The average Bonchev–Trinajstić information content (AvgIpc) is 2.80. The molecule has 1 saturated heterocycles. The van der Waals surface area contributed by atoms with E-state index in [-0.39, 0.29) is 5.63 Å². The Morgan fingerprint density at radius 2 is 1.81 bits per heavy atom. The molecule has 1 aliphatic rings. The van der Waals surface area contributed by atoms with Crippen LogP contribution in [0.15, 0.2) is 76.1 Å². The van der Waals surface area contributed by atoms with Crippen molar-refractivity contribution in [2.75, 3.05) is 25.0 Å². The lowest BCUT2D eigenvalue weighted by molar-refractivity contribution is 0.243. The molecule has 1 fully saturated rings. The molecule has 5 rings (SSSR count). The van der Waals surface area contributed by atoms with E-state index in [1.807, 2.05) is 48.7 Å². The highest BCUT2D eigenvalue weighted by Crippen LogP contribution is 2.24. The lowest BCUT2D eigenvalue weighted by Crippen LogP contribution is -2.39. The fraction of sp³-hybridized carbons (Fsp3) is 0.231. The van der Waals surface area contributed by atoms with Crippen molar-refractivity contribution >= 4 is 27.4 Å². The normalized spacial score (nSPS) is 15.0. The molecule has 154 valence electrons. The summed E-state index contributed by atoms with van der Waals surface area (Å²) in [6, 6.07) is 19.7. The van der Waals surface area contributed by atoms with Gasteiger partial charge >= 0.3 is 5.63 Å². The van der Waals surface area contributed by atoms with Gasteiger partial charge in [-0.05, 0) is 42.3 Å². The molecule has 0 spiro atoms. The van der Waals surface area contributed by atoms with Crippen molar-refractivity contribution in [3.8, 4) is 11.8 Å². The van der Waals surface area contributed by atoms with E-state index in [4.69, 9.17) is 4.42 Å². The number of piperidine rings is 1. The number of aromatic nitrogens is 1. The van der Waals surface area contributed by atoms with Crippen LogP contribution in [0.4, 0.5) is 5.69 Å². The Kier molecular flexibility index (Phi) is 5.39. The number of nitrogens with zero attached hydrogens (tertiary/aromatic N) is 2. The number of likely N-dealkylation sites (tertiary alicyclic amines) is 1. The van der Waals surface area contributed by atoms with E-state index >= 15 is 0 Å². The molecule has 0 bridgehead atoms. The van der Waals surface area contributed by atoms with Gasteiger partial charge in [-0.2, -0.15) is 0 Å². The standard InChI is InChI=1S/C26H23N3O2/c30-26-18-24(22-8-3-4-10-25(22)31-26)28-20-12-16-29(17-13-20)15-5-9-23-21-7-2-1-6-19(21)11-14-27-23/h1-4,6-8,10-11,14,18,20,28H,12-13,15-17H2. The highest BCUT2D eigenvalue weighted by atomic mass is 16.4. The highest BCUT2D eigenvalue weighted by Gasteiger charge is 2.19. The molecule has 4 aromatic rings. The topological polar surface area (TPSA) is 58.4 Å². The first-order chi connectivity index (χ1) is 15.3. The number of hydrogen-bond donors (Lipinski definition) is 1. The minimum atomic E-state index is -0.323. The number of fused-ring (bicyclic) bond motifs is 2. The number of para-hydroxylation sites is 1. The summed E-state index contributed by atoms with van der Waals surface area (Å²) < 4.78 is 5.29. The van der Waals surface area contributed by atoms with Crippen LogP contribution in [0.25, 0.3) is 21.7 Å². The van der Waals surface area contributed by atoms with Gasteiger partial charge in [0.15, 0.2) is 0 Å². The summed E-state index contributed by atoms with van der Waals surface area (Å²) in [6.45, 7) is 2.67. The van der Waals surface area contributed by atoms with Crippen LogP contribution in [0, 0.1) is 11.8 Å². The fourth-order valence-corrected chi connectivity index (χ4v) is 4.14. The Morgan fingerprint density at radius 3 is 2.68 bits per heavy atom. The first-order valence-corrected chi connectivity index (χ1v) is 10.6. The second-order valence-electron chi connectivity index (χ2n) is 7.85. The summed E-state index contributed by atoms with van der Waals surface area (Å²) in [6.07, 6.45) is 3.82. The third kappa shape index (κ3) is 4.30. The van der Waals surface area contributed by atoms with E-state index < -0.39 is 0 Å². The Bertz CT molecular complexity index is 1340. The lowest BCUT2D eigenvalue weighted by Gasteiger charge is -2.31. The SMILES string of the molecule is O=c1cc(NC2CCN(CC#Cc3nccc4ccccc34)CC2)c2ccccc2o1. The zero-order valence-corrected chi connectivity index (χ0v) is 17.2. The maximum absolute atomic E-state index is 11.9.